The first-order valence-electron chi connectivity index (χ1n) is 7.88. The van der Waals surface area contributed by atoms with Crippen LogP contribution >= 0.6 is 0 Å². The maximum Gasteiger partial charge on any atom is 0.191 e. The minimum Gasteiger partial charge on any atom is -0.373 e. The van der Waals surface area contributed by atoms with Crippen molar-refractivity contribution in [3.05, 3.63) is 35.9 Å². The van der Waals surface area contributed by atoms with Crippen LogP contribution in [0, 0.1) is 5.92 Å². The van der Waals surface area contributed by atoms with Gasteiger partial charge in [-0.15, -0.1) is 0 Å². The van der Waals surface area contributed by atoms with E-state index in [0.29, 0.717) is 12.0 Å². The molecule has 2 rings (SSSR count). The third kappa shape index (κ3) is 4.46. The van der Waals surface area contributed by atoms with E-state index in [9.17, 15) is 0 Å². The van der Waals surface area contributed by atoms with E-state index in [1.807, 2.05) is 13.1 Å². The van der Waals surface area contributed by atoms with Crippen LogP contribution < -0.4 is 10.6 Å². The van der Waals surface area contributed by atoms with Gasteiger partial charge < -0.3 is 15.4 Å². The van der Waals surface area contributed by atoms with Crippen molar-refractivity contribution in [3.8, 4) is 0 Å². The molecule has 1 saturated heterocycles. The molecule has 1 aromatic rings. The SMILES string of the molecule is CCC(C)NC(=NC)NCC1CCOC1c1ccccc1. The van der Waals surface area contributed by atoms with Gasteiger partial charge in [-0.25, -0.2) is 0 Å². The smallest absolute Gasteiger partial charge is 0.191 e. The zero-order valence-electron chi connectivity index (χ0n) is 13.3. The third-order valence-electron chi connectivity index (χ3n) is 4.09. The molecular weight excluding hydrogens is 262 g/mol. The fourth-order valence-corrected chi connectivity index (χ4v) is 2.61. The van der Waals surface area contributed by atoms with Crippen LogP contribution in [0.5, 0.6) is 0 Å². The monoisotopic (exact) mass is 289 g/mol. The van der Waals surface area contributed by atoms with E-state index >= 15 is 0 Å². The highest BCUT2D eigenvalue weighted by molar-refractivity contribution is 5.79. The number of benzene rings is 1. The summed E-state index contributed by atoms with van der Waals surface area (Å²) in [6.45, 7) is 6.05. The molecule has 1 aliphatic heterocycles. The van der Waals surface area contributed by atoms with Crippen molar-refractivity contribution in [1.82, 2.24) is 10.6 Å². The van der Waals surface area contributed by atoms with Gasteiger partial charge in [0.1, 0.15) is 0 Å². The molecule has 0 spiro atoms. The molecule has 116 valence electrons. The Kier molecular flexibility index (Phi) is 6.05. The number of aliphatic imine (C=N–C) groups is 1. The Labute approximate surface area is 128 Å². The molecule has 1 fully saturated rings. The van der Waals surface area contributed by atoms with Crippen molar-refractivity contribution in [2.45, 2.75) is 38.8 Å². The molecule has 3 unspecified atom stereocenters. The molecule has 0 aromatic heterocycles. The van der Waals surface area contributed by atoms with Crippen LogP contribution in [-0.4, -0.2) is 32.2 Å². The summed E-state index contributed by atoms with van der Waals surface area (Å²) in [7, 11) is 1.82. The van der Waals surface area contributed by atoms with E-state index in [4.69, 9.17) is 4.74 Å². The molecule has 4 nitrogen and oxygen atoms in total. The molecule has 1 aliphatic rings. The lowest BCUT2D eigenvalue weighted by Crippen LogP contribution is -2.43. The fourth-order valence-electron chi connectivity index (χ4n) is 2.61. The standard InChI is InChI=1S/C17H27N3O/c1-4-13(2)20-17(18-3)19-12-15-10-11-21-16(15)14-8-6-5-7-9-14/h5-9,13,15-16H,4,10-12H2,1-3H3,(H2,18,19,20). The van der Waals surface area contributed by atoms with E-state index in [2.05, 4.69) is 53.7 Å². The Morgan fingerprint density at radius 1 is 1.38 bits per heavy atom. The molecule has 0 amide bonds. The number of guanidine groups is 1. The van der Waals surface area contributed by atoms with Crippen molar-refractivity contribution in [3.63, 3.8) is 0 Å². The summed E-state index contributed by atoms with van der Waals surface area (Å²) in [6, 6.07) is 10.9. The Bertz CT molecular complexity index is 447. The van der Waals surface area contributed by atoms with Gasteiger partial charge in [-0.05, 0) is 25.3 Å². The van der Waals surface area contributed by atoms with Crippen LogP contribution in [0.25, 0.3) is 0 Å². The summed E-state index contributed by atoms with van der Waals surface area (Å²) < 4.78 is 5.92. The van der Waals surface area contributed by atoms with E-state index in [1.54, 1.807) is 0 Å². The van der Waals surface area contributed by atoms with Crippen LogP contribution in [0.3, 0.4) is 0 Å². The summed E-state index contributed by atoms with van der Waals surface area (Å²) in [5.74, 6) is 1.37. The number of ether oxygens (including phenoxy) is 1. The molecular formula is C17H27N3O. The zero-order chi connectivity index (χ0) is 15.1. The minimum atomic E-state index is 0.195. The number of hydrogen-bond donors (Lipinski definition) is 2. The second-order valence-corrected chi connectivity index (χ2v) is 5.66. The Balaban J connectivity index is 1.90. The number of hydrogen-bond acceptors (Lipinski definition) is 2. The van der Waals surface area contributed by atoms with Crippen molar-refractivity contribution < 1.29 is 4.74 Å². The molecule has 0 bridgehead atoms. The van der Waals surface area contributed by atoms with Gasteiger partial charge in [-0.1, -0.05) is 37.3 Å². The lowest BCUT2D eigenvalue weighted by Gasteiger charge is -2.22. The predicted octanol–water partition coefficient (Wildman–Crippen LogP) is 2.73. The highest BCUT2D eigenvalue weighted by Gasteiger charge is 2.29. The van der Waals surface area contributed by atoms with E-state index in [1.165, 1.54) is 5.56 Å². The molecule has 1 aromatic carbocycles. The molecule has 2 N–H and O–H groups in total. The lowest BCUT2D eigenvalue weighted by atomic mass is 9.95. The Morgan fingerprint density at radius 2 is 2.14 bits per heavy atom. The maximum atomic E-state index is 5.92. The van der Waals surface area contributed by atoms with Crippen LogP contribution in [0.1, 0.15) is 38.4 Å². The molecule has 3 atom stereocenters. The van der Waals surface area contributed by atoms with Gasteiger partial charge in [0.05, 0.1) is 6.10 Å². The summed E-state index contributed by atoms with van der Waals surface area (Å²) in [4.78, 5) is 4.29. The summed E-state index contributed by atoms with van der Waals surface area (Å²) >= 11 is 0. The third-order valence-corrected chi connectivity index (χ3v) is 4.09. The first-order chi connectivity index (χ1) is 10.2. The number of nitrogens with one attached hydrogen (secondary N) is 2. The van der Waals surface area contributed by atoms with Gasteiger partial charge >= 0.3 is 0 Å². The molecule has 0 saturated carbocycles. The van der Waals surface area contributed by atoms with Crippen molar-refractivity contribution >= 4 is 5.96 Å². The minimum absolute atomic E-state index is 0.195. The Hall–Kier alpha value is -1.55. The quantitative estimate of drug-likeness (QED) is 0.647. The summed E-state index contributed by atoms with van der Waals surface area (Å²) in [5.41, 5.74) is 1.27. The van der Waals surface area contributed by atoms with Crippen LogP contribution in [0.4, 0.5) is 0 Å². The first kappa shape index (κ1) is 15.8. The van der Waals surface area contributed by atoms with Crippen LogP contribution in [-0.2, 0) is 4.74 Å². The lowest BCUT2D eigenvalue weighted by molar-refractivity contribution is 0.0915. The van der Waals surface area contributed by atoms with Crippen molar-refractivity contribution in [2.75, 3.05) is 20.2 Å². The van der Waals surface area contributed by atoms with Gasteiger partial charge in [0.2, 0.25) is 0 Å². The van der Waals surface area contributed by atoms with Gasteiger partial charge in [0.25, 0.3) is 0 Å². The maximum absolute atomic E-state index is 5.92. The fraction of sp³-hybridized carbons (Fsp3) is 0.588. The van der Waals surface area contributed by atoms with Gasteiger partial charge in [-0.3, -0.25) is 4.99 Å². The average Bonchev–Trinajstić information content (AvgIpc) is 3.00. The topological polar surface area (TPSA) is 45.7 Å². The van der Waals surface area contributed by atoms with Gasteiger partial charge in [0, 0.05) is 32.2 Å². The summed E-state index contributed by atoms with van der Waals surface area (Å²) in [5, 5.41) is 6.83. The van der Waals surface area contributed by atoms with E-state index in [0.717, 1.165) is 32.0 Å². The van der Waals surface area contributed by atoms with Crippen molar-refractivity contribution in [1.29, 1.82) is 0 Å². The van der Waals surface area contributed by atoms with E-state index in [-0.39, 0.29) is 6.10 Å². The normalized spacial score (nSPS) is 23.9. The zero-order valence-corrected chi connectivity index (χ0v) is 13.3. The second-order valence-electron chi connectivity index (χ2n) is 5.66. The molecule has 0 radical (unpaired) electrons. The Morgan fingerprint density at radius 3 is 2.81 bits per heavy atom. The average molecular weight is 289 g/mol. The van der Waals surface area contributed by atoms with Crippen molar-refractivity contribution in [2.24, 2.45) is 10.9 Å². The number of nitrogens with zero attached hydrogens (tertiary/aromatic N) is 1. The first-order valence-corrected chi connectivity index (χ1v) is 7.88. The predicted molar refractivity (Wildman–Crippen MR) is 87.5 cm³/mol. The highest BCUT2D eigenvalue weighted by Crippen LogP contribution is 2.33. The number of rotatable bonds is 5. The van der Waals surface area contributed by atoms with Gasteiger partial charge in [0.15, 0.2) is 5.96 Å². The van der Waals surface area contributed by atoms with Crippen LogP contribution in [0.2, 0.25) is 0 Å². The van der Waals surface area contributed by atoms with Crippen LogP contribution in [0.15, 0.2) is 35.3 Å². The summed E-state index contributed by atoms with van der Waals surface area (Å²) in [6.07, 6.45) is 2.37. The largest absolute Gasteiger partial charge is 0.373 e. The molecule has 1 heterocycles. The van der Waals surface area contributed by atoms with Gasteiger partial charge in [-0.2, -0.15) is 0 Å². The molecule has 4 heteroatoms. The molecule has 21 heavy (non-hydrogen) atoms. The molecule has 0 aliphatic carbocycles. The van der Waals surface area contributed by atoms with E-state index < -0.39 is 0 Å². The highest BCUT2D eigenvalue weighted by atomic mass is 16.5. The second kappa shape index (κ2) is 8.03.